The Morgan fingerprint density at radius 1 is 1.00 bits per heavy atom. The number of carbonyl (C=O) groups excluding carboxylic acids is 3. The maximum absolute atomic E-state index is 13.1. The summed E-state index contributed by atoms with van der Waals surface area (Å²) in [5, 5.41) is 7.68. The van der Waals surface area contributed by atoms with Gasteiger partial charge < -0.3 is 20.1 Å². The van der Waals surface area contributed by atoms with Gasteiger partial charge in [-0.1, -0.05) is 30.3 Å². The van der Waals surface area contributed by atoms with E-state index in [4.69, 9.17) is 9.47 Å². The minimum absolute atomic E-state index is 0.0565. The number of thiazole rings is 1. The molecule has 0 aliphatic heterocycles. The average molecular weight is 483 g/mol. The summed E-state index contributed by atoms with van der Waals surface area (Å²) in [7, 11) is 2.99. The van der Waals surface area contributed by atoms with E-state index in [0.29, 0.717) is 28.9 Å². The first-order valence-electron chi connectivity index (χ1n) is 10.5. The van der Waals surface area contributed by atoms with Crippen LogP contribution in [-0.4, -0.2) is 43.5 Å². The fourth-order valence-electron chi connectivity index (χ4n) is 3.13. The van der Waals surface area contributed by atoms with Crippen molar-refractivity contribution in [2.45, 2.75) is 19.4 Å². The number of benzene rings is 2. The SMILES string of the molecule is COc1ccc(N(CC(=O)NCc2ccccc2)C(=O)CCC(=O)Nc2nccs2)c(OC)c1. The van der Waals surface area contributed by atoms with E-state index in [2.05, 4.69) is 15.6 Å². The molecule has 10 heteroatoms. The van der Waals surface area contributed by atoms with E-state index in [9.17, 15) is 14.4 Å². The van der Waals surface area contributed by atoms with Crippen molar-refractivity contribution in [3.63, 3.8) is 0 Å². The number of aromatic nitrogens is 1. The second-order valence-electron chi connectivity index (χ2n) is 7.17. The summed E-state index contributed by atoms with van der Waals surface area (Å²) in [4.78, 5) is 43.4. The number of carbonyl (C=O) groups is 3. The zero-order chi connectivity index (χ0) is 24.3. The highest BCUT2D eigenvalue weighted by atomic mass is 32.1. The van der Waals surface area contributed by atoms with E-state index in [1.807, 2.05) is 30.3 Å². The predicted octanol–water partition coefficient (Wildman–Crippen LogP) is 3.23. The molecule has 3 rings (SSSR count). The van der Waals surface area contributed by atoms with Crippen LogP contribution in [-0.2, 0) is 20.9 Å². The van der Waals surface area contributed by atoms with Gasteiger partial charge in [0.05, 0.1) is 19.9 Å². The lowest BCUT2D eigenvalue weighted by Gasteiger charge is -2.24. The Labute approximate surface area is 201 Å². The van der Waals surface area contributed by atoms with E-state index in [0.717, 1.165) is 5.56 Å². The fourth-order valence-corrected chi connectivity index (χ4v) is 3.68. The third-order valence-corrected chi connectivity index (χ3v) is 5.55. The lowest BCUT2D eigenvalue weighted by atomic mass is 10.2. The van der Waals surface area contributed by atoms with Crippen LogP contribution in [0.15, 0.2) is 60.1 Å². The number of anilines is 2. The summed E-state index contributed by atoms with van der Waals surface area (Å²) in [6, 6.07) is 14.4. The Morgan fingerprint density at radius 3 is 2.47 bits per heavy atom. The third-order valence-electron chi connectivity index (χ3n) is 4.86. The molecule has 0 atom stereocenters. The molecule has 2 N–H and O–H groups in total. The highest BCUT2D eigenvalue weighted by Gasteiger charge is 2.23. The highest BCUT2D eigenvalue weighted by Crippen LogP contribution is 2.32. The number of nitrogens with zero attached hydrogens (tertiary/aromatic N) is 2. The highest BCUT2D eigenvalue weighted by molar-refractivity contribution is 7.13. The number of rotatable bonds is 11. The largest absolute Gasteiger partial charge is 0.497 e. The Bertz CT molecular complexity index is 1110. The zero-order valence-corrected chi connectivity index (χ0v) is 19.8. The van der Waals surface area contributed by atoms with Gasteiger partial charge in [0, 0.05) is 37.0 Å². The molecule has 0 spiro atoms. The first kappa shape index (κ1) is 24.7. The molecule has 0 bridgehead atoms. The van der Waals surface area contributed by atoms with Gasteiger partial charge in [-0.25, -0.2) is 4.98 Å². The van der Waals surface area contributed by atoms with Crippen molar-refractivity contribution in [2.75, 3.05) is 31.0 Å². The number of ether oxygens (including phenoxy) is 2. The van der Waals surface area contributed by atoms with Gasteiger partial charge in [0.25, 0.3) is 0 Å². The number of hydrogen-bond donors (Lipinski definition) is 2. The van der Waals surface area contributed by atoms with Gasteiger partial charge in [0.1, 0.15) is 18.0 Å². The maximum atomic E-state index is 13.1. The quantitative estimate of drug-likeness (QED) is 0.434. The molecule has 1 aromatic heterocycles. The number of methoxy groups -OCH3 is 2. The van der Waals surface area contributed by atoms with Crippen molar-refractivity contribution in [1.82, 2.24) is 10.3 Å². The maximum Gasteiger partial charge on any atom is 0.240 e. The lowest BCUT2D eigenvalue weighted by molar-refractivity contribution is -0.125. The monoisotopic (exact) mass is 482 g/mol. The molecule has 0 radical (unpaired) electrons. The van der Waals surface area contributed by atoms with Gasteiger partial charge in [-0.2, -0.15) is 0 Å². The Kier molecular flexibility index (Phi) is 8.98. The molecule has 0 aliphatic rings. The first-order valence-corrected chi connectivity index (χ1v) is 11.4. The molecule has 0 fully saturated rings. The van der Waals surface area contributed by atoms with Crippen molar-refractivity contribution >= 4 is 39.9 Å². The fraction of sp³-hybridized carbons (Fsp3) is 0.250. The van der Waals surface area contributed by atoms with Gasteiger partial charge in [0.2, 0.25) is 17.7 Å². The summed E-state index contributed by atoms with van der Waals surface area (Å²) in [6.07, 6.45) is 1.43. The van der Waals surface area contributed by atoms with Gasteiger partial charge in [-0.15, -0.1) is 11.3 Å². The molecule has 178 valence electrons. The van der Waals surface area contributed by atoms with Crippen molar-refractivity contribution in [3.8, 4) is 11.5 Å². The van der Waals surface area contributed by atoms with E-state index >= 15 is 0 Å². The second-order valence-corrected chi connectivity index (χ2v) is 8.06. The zero-order valence-electron chi connectivity index (χ0n) is 18.9. The van der Waals surface area contributed by atoms with Crippen LogP contribution in [0, 0.1) is 0 Å². The molecule has 3 aromatic rings. The van der Waals surface area contributed by atoms with Crippen LogP contribution in [0.2, 0.25) is 0 Å². The average Bonchev–Trinajstić information content (AvgIpc) is 3.37. The third kappa shape index (κ3) is 7.04. The standard InChI is InChI=1S/C24H26N4O5S/c1-32-18-8-9-19(20(14-18)33-2)28(16-22(30)26-15-17-6-4-3-5-7-17)23(31)11-10-21(29)27-24-25-12-13-34-24/h3-9,12-14H,10-11,15-16H2,1-2H3,(H,26,30)(H,25,27,29). The van der Waals surface area contributed by atoms with Crippen LogP contribution in [0.5, 0.6) is 11.5 Å². The minimum atomic E-state index is -0.396. The van der Waals surface area contributed by atoms with E-state index in [-0.39, 0.29) is 31.2 Å². The van der Waals surface area contributed by atoms with Gasteiger partial charge in [-0.3, -0.25) is 19.3 Å². The smallest absolute Gasteiger partial charge is 0.240 e. The van der Waals surface area contributed by atoms with Crippen LogP contribution in [0.1, 0.15) is 18.4 Å². The second kappa shape index (κ2) is 12.4. The summed E-state index contributed by atoms with van der Waals surface area (Å²) < 4.78 is 10.7. The molecule has 0 saturated heterocycles. The van der Waals surface area contributed by atoms with E-state index in [1.165, 1.54) is 30.5 Å². The molecule has 9 nitrogen and oxygen atoms in total. The molecule has 0 unspecified atom stereocenters. The summed E-state index contributed by atoms with van der Waals surface area (Å²) in [6.45, 7) is 0.0973. The first-order chi connectivity index (χ1) is 16.5. The van der Waals surface area contributed by atoms with E-state index in [1.54, 1.807) is 29.8 Å². The summed E-state index contributed by atoms with van der Waals surface area (Å²) in [5.41, 5.74) is 1.35. The summed E-state index contributed by atoms with van der Waals surface area (Å²) >= 11 is 1.29. The van der Waals surface area contributed by atoms with Crippen molar-refractivity contribution in [2.24, 2.45) is 0 Å². The Morgan fingerprint density at radius 2 is 1.79 bits per heavy atom. The summed E-state index contributed by atoms with van der Waals surface area (Å²) in [5.74, 6) is -0.159. The minimum Gasteiger partial charge on any atom is -0.497 e. The van der Waals surface area contributed by atoms with Crippen LogP contribution in [0.3, 0.4) is 0 Å². The normalized spacial score (nSPS) is 10.3. The lowest BCUT2D eigenvalue weighted by Crippen LogP contribution is -2.41. The van der Waals surface area contributed by atoms with Crippen LogP contribution < -0.4 is 25.0 Å². The molecule has 0 aliphatic carbocycles. The molecule has 0 saturated carbocycles. The molecule has 1 heterocycles. The van der Waals surface area contributed by atoms with Crippen LogP contribution >= 0.6 is 11.3 Å². The van der Waals surface area contributed by atoms with Crippen LogP contribution in [0.4, 0.5) is 10.8 Å². The predicted molar refractivity (Wildman–Crippen MR) is 130 cm³/mol. The Hall–Kier alpha value is -3.92. The van der Waals surface area contributed by atoms with Crippen molar-refractivity contribution < 1.29 is 23.9 Å². The number of nitrogens with one attached hydrogen (secondary N) is 2. The molecule has 2 aromatic carbocycles. The van der Waals surface area contributed by atoms with E-state index < -0.39 is 5.91 Å². The number of amides is 3. The van der Waals surface area contributed by atoms with Gasteiger partial charge >= 0.3 is 0 Å². The molecular formula is C24H26N4O5S. The molecular weight excluding hydrogens is 456 g/mol. The molecule has 34 heavy (non-hydrogen) atoms. The van der Waals surface area contributed by atoms with Gasteiger partial charge in [0.15, 0.2) is 5.13 Å². The molecule has 3 amide bonds. The topological polar surface area (TPSA) is 110 Å². The van der Waals surface area contributed by atoms with Gasteiger partial charge in [-0.05, 0) is 17.7 Å². The van der Waals surface area contributed by atoms with Crippen molar-refractivity contribution in [3.05, 3.63) is 65.7 Å². The van der Waals surface area contributed by atoms with Crippen LogP contribution in [0.25, 0.3) is 0 Å². The number of hydrogen-bond acceptors (Lipinski definition) is 7. The Balaban J connectivity index is 1.72. The van der Waals surface area contributed by atoms with Crippen molar-refractivity contribution in [1.29, 1.82) is 0 Å².